The van der Waals surface area contributed by atoms with E-state index in [4.69, 9.17) is 9.84 Å². The minimum absolute atomic E-state index is 0.00201. The Kier molecular flexibility index (Phi) is 5.13. The molecule has 0 radical (unpaired) electrons. The average molecular weight is 299 g/mol. The third kappa shape index (κ3) is 4.15. The lowest BCUT2D eigenvalue weighted by Gasteiger charge is -2.37. The van der Waals surface area contributed by atoms with Gasteiger partial charge in [-0.2, -0.15) is 0 Å². The Morgan fingerprint density at radius 3 is 2.86 bits per heavy atom. The fourth-order valence-corrected chi connectivity index (χ4v) is 2.66. The number of nitrogens with zero attached hydrogens (tertiary/aromatic N) is 2. The highest BCUT2D eigenvalue weighted by molar-refractivity contribution is 5.88. The minimum Gasteiger partial charge on any atom is -0.481 e. The molecule has 2 amide bonds. The first-order valence-electron chi connectivity index (χ1n) is 7.10. The van der Waals surface area contributed by atoms with Gasteiger partial charge in [-0.25, -0.2) is 0 Å². The van der Waals surface area contributed by atoms with Gasteiger partial charge >= 0.3 is 5.97 Å². The molecule has 0 spiro atoms. The van der Waals surface area contributed by atoms with Crippen LogP contribution in [0.15, 0.2) is 0 Å². The van der Waals surface area contributed by atoms with Gasteiger partial charge in [0.15, 0.2) is 0 Å². The fourth-order valence-electron chi connectivity index (χ4n) is 2.66. The van der Waals surface area contributed by atoms with Crippen molar-refractivity contribution in [2.75, 3.05) is 39.3 Å². The standard InChI is InChI=1S/C13H21N3O5/c1-9-7-16(4-5-21-9)11(17)8-15-3-2-14-13(20)10(15)6-12(18)19/h9-10H,2-8H2,1H3,(H,14,20)(H,18,19). The van der Waals surface area contributed by atoms with Crippen molar-refractivity contribution in [3.8, 4) is 0 Å². The summed E-state index contributed by atoms with van der Waals surface area (Å²) in [4.78, 5) is 38.3. The molecule has 2 heterocycles. The van der Waals surface area contributed by atoms with Crippen molar-refractivity contribution in [1.82, 2.24) is 15.1 Å². The molecule has 2 rings (SSSR count). The van der Waals surface area contributed by atoms with Crippen LogP contribution in [0.25, 0.3) is 0 Å². The van der Waals surface area contributed by atoms with E-state index in [2.05, 4.69) is 5.32 Å². The topological polar surface area (TPSA) is 99.2 Å². The first-order valence-corrected chi connectivity index (χ1v) is 7.10. The number of ether oxygens (including phenoxy) is 1. The van der Waals surface area contributed by atoms with Crippen molar-refractivity contribution < 1.29 is 24.2 Å². The number of carbonyl (C=O) groups is 3. The molecule has 0 saturated carbocycles. The van der Waals surface area contributed by atoms with Crippen molar-refractivity contribution in [1.29, 1.82) is 0 Å². The second-order valence-corrected chi connectivity index (χ2v) is 5.40. The van der Waals surface area contributed by atoms with Gasteiger partial charge < -0.3 is 20.1 Å². The van der Waals surface area contributed by atoms with Gasteiger partial charge in [0, 0.05) is 26.2 Å². The van der Waals surface area contributed by atoms with Crippen LogP contribution in [-0.4, -0.2) is 84.2 Å². The highest BCUT2D eigenvalue weighted by Gasteiger charge is 2.34. The van der Waals surface area contributed by atoms with Crippen LogP contribution in [0.2, 0.25) is 0 Å². The van der Waals surface area contributed by atoms with E-state index in [1.165, 1.54) is 0 Å². The maximum atomic E-state index is 12.3. The number of carboxylic acid groups (broad SMARTS) is 1. The van der Waals surface area contributed by atoms with Crippen molar-refractivity contribution in [3.05, 3.63) is 0 Å². The maximum absolute atomic E-state index is 12.3. The number of carbonyl (C=O) groups excluding carboxylic acids is 2. The lowest BCUT2D eigenvalue weighted by atomic mass is 10.1. The molecule has 0 aromatic heterocycles. The van der Waals surface area contributed by atoms with E-state index >= 15 is 0 Å². The first-order chi connectivity index (χ1) is 9.97. The number of hydrogen-bond acceptors (Lipinski definition) is 5. The van der Waals surface area contributed by atoms with Gasteiger partial charge in [0.25, 0.3) is 0 Å². The number of hydrogen-bond donors (Lipinski definition) is 2. The van der Waals surface area contributed by atoms with Gasteiger partial charge in [-0.1, -0.05) is 0 Å². The number of aliphatic carboxylic acids is 1. The largest absolute Gasteiger partial charge is 0.481 e. The first kappa shape index (κ1) is 15.7. The third-order valence-corrected chi connectivity index (χ3v) is 3.74. The van der Waals surface area contributed by atoms with Crippen molar-refractivity contribution in [2.24, 2.45) is 0 Å². The summed E-state index contributed by atoms with van der Waals surface area (Å²) >= 11 is 0. The molecule has 0 aromatic carbocycles. The van der Waals surface area contributed by atoms with Crippen molar-refractivity contribution in [2.45, 2.75) is 25.5 Å². The highest BCUT2D eigenvalue weighted by atomic mass is 16.5. The SMILES string of the molecule is CC1CN(C(=O)CN2CCNC(=O)C2CC(=O)O)CCO1. The Hall–Kier alpha value is -1.67. The van der Waals surface area contributed by atoms with E-state index in [9.17, 15) is 14.4 Å². The molecular formula is C13H21N3O5. The molecule has 8 nitrogen and oxygen atoms in total. The number of nitrogens with one attached hydrogen (secondary N) is 1. The molecule has 2 atom stereocenters. The summed E-state index contributed by atoms with van der Waals surface area (Å²) in [5, 5.41) is 11.5. The summed E-state index contributed by atoms with van der Waals surface area (Å²) in [5.41, 5.74) is 0. The third-order valence-electron chi connectivity index (χ3n) is 3.74. The van der Waals surface area contributed by atoms with Crippen LogP contribution in [0.4, 0.5) is 0 Å². The van der Waals surface area contributed by atoms with Gasteiger partial charge in [0.2, 0.25) is 11.8 Å². The number of morpholine rings is 1. The van der Waals surface area contributed by atoms with Gasteiger partial charge in [0.05, 0.1) is 25.7 Å². The zero-order valence-electron chi connectivity index (χ0n) is 12.1. The van der Waals surface area contributed by atoms with Crippen LogP contribution in [-0.2, 0) is 19.1 Å². The number of carboxylic acids is 1. The highest BCUT2D eigenvalue weighted by Crippen LogP contribution is 2.11. The van der Waals surface area contributed by atoms with E-state index in [1.807, 2.05) is 6.92 Å². The number of rotatable bonds is 4. The van der Waals surface area contributed by atoms with E-state index < -0.39 is 12.0 Å². The van der Waals surface area contributed by atoms with E-state index in [1.54, 1.807) is 9.80 Å². The quantitative estimate of drug-likeness (QED) is 0.656. The van der Waals surface area contributed by atoms with Crippen molar-refractivity contribution in [3.63, 3.8) is 0 Å². The molecule has 0 aromatic rings. The smallest absolute Gasteiger partial charge is 0.305 e. The number of piperazine rings is 1. The second kappa shape index (κ2) is 6.86. The monoisotopic (exact) mass is 299 g/mol. The zero-order valence-corrected chi connectivity index (χ0v) is 12.1. The summed E-state index contributed by atoms with van der Waals surface area (Å²) in [7, 11) is 0. The Labute approximate surface area is 123 Å². The van der Waals surface area contributed by atoms with Gasteiger partial charge in [-0.05, 0) is 6.92 Å². The van der Waals surface area contributed by atoms with Gasteiger partial charge in [-0.15, -0.1) is 0 Å². The second-order valence-electron chi connectivity index (χ2n) is 5.40. The Bertz CT molecular complexity index is 428. The molecule has 2 fully saturated rings. The van der Waals surface area contributed by atoms with Crippen LogP contribution in [0.5, 0.6) is 0 Å². The molecule has 8 heteroatoms. The number of amides is 2. The van der Waals surface area contributed by atoms with Crippen LogP contribution in [0, 0.1) is 0 Å². The predicted molar refractivity (Wildman–Crippen MR) is 72.6 cm³/mol. The Morgan fingerprint density at radius 1 is 1.43 bits per heavy atom. The van der Waals surface area contributed by atoms with Crippen LogP contribution >= 0.6 is 0 Å². The van der Waals surface area contributed by atoms with Crippen LogP contribution in [0.3, 0.4) is 0 Å². The van der Waals surface area contributed by atoms with E-state index in [-0.39, 0.29) is 30.9 Å². The Morgan fingerprint density at radius 2 is 2.19 bits per heavy atom. The minimum atomic E-state index is -1.05. The summed E-state index contributed by atoms with van der Waals surface area (Å²) in [6.07, 6.45) is -0.291. The molecule has 2 saturated heterocycles. The van der Waals surface area contributed by atoms with Crippen molar-refractivity contribution >= 4 is 17.8 Å². The summed E-state index contributed by atoms with van der Waals surface area (Å²) in [6.45, 7) is 4.46. The molecule has 21 heavy (non-hydrogen) atoms. The van der Waals surface area contributed by atoms with Crippen LogP contribution < -0.4 is 5.32 Å². The molecule has 2 aliphatic rings. The summed E-state index contributed by atoms with van der Waals surface area (Å²) < 4.78 is 5.39. The summed E-state index contributed by atoms with van der Waals surface area (Å²) in [6, 6.07) is -0.779. The lowest BCUT2D eigenvalue weighted by Crippen LogP contribution is -2.58. The molecular weight excluding hydrogens is 278 g/mol. The van der Waals surface area contributed by atoms with Gasteiger partial charge in [0.1, 0.15) is 6.04 Å². The molecule has 118 valence electrons. The molecule has 0 bridgehead atoms. The van der Waals surface area contributed by atoms with E-state index in [0.29, 0.717) is 32.8 Å². The predicted octanol–water partition coefficient (Wildman–Crippen LogP) is -1.49. The molecule has 2 aliphatic heterocycles. The Balaban J connectivity index is 1.96. The van der Waals surface area contributed by atoms with E-state index in [0.717, 1.165) is 0 Å². The van der Waals surface area contributed by atoms with Crippen LogP contribution in [0.1, 0.15) is 13.3 Å². The molecule has 2 N–H and O–H groups in total. The average Bonchev–Trinajstić information content (AvgIpc) is 2.42. The summed E-state index contributed by atoms with van der Waals surface area (Å²) in [5.74, 6) is -1.46. The maximum Gasteiger partial charge on any atom is 0.305 e. The molecule has 0 aliphatic carbocycles. The van der Waals surface area contributed by atoms with Gasteiger partial charge in [-0.3, -0.25) is 19.3 Å². The lowest BCUT2D eigenvalue weighted by molar-refractivity contribution is -0.147. The fraction of sp³-hybridized carbons (Fsp3) is 0.769. The molecule has 2 unspecified atom stereocenters. The zero-order chi connectivity index (χ0) is 15.4. The normalized spacial score (nSPS) is 27.3.